The van der Waals surface area contributed by atoms with Crippen LogP contribution in [0.4, 0.5) is 5.69 Å². The molecule has 0 bridgehead atoms. The summed E-state index contributed by atoms with van der Waals surface area (Å²) in [5, 5.41) is 11.7. The normalized spacial score (nSPS) is 20.1. The second kappa shape index (κ2) is 7.82. The number of para-hydroxylation sites is 1. The van der Waals surface area contributed by atoms with Gasteiger partial charge in [-0.3, -0.25) is 4.79 Å². The zero-order chi connectivity index (χ0) is 15.1. The molecule has 4 nitrogen and oxygen atoms in total. The van der Waals surface area contributed by atoms with E-state index in [0.29, 0.717) is 24.1 Å². The van der Waals surface area contributed by atoms with Crippen LogP contribution in [0.3, 0.4) is 0 Å². The average Bonchev–Trinajstić information content (AvgIpc) is 2.44. The number of ether oxygens (including phenoxy) is 1. The molecule has 21 heavy (non-hydrogen) atoms. The minimum atomic E-state index is -0.191. The molecule has 0 unspecified atom stereocenters. The van der Waals surface area contributed by atoms with Gasteiger partial charge in [-0.2, -0.15) is 0 Å². The third kappa shape index (κ3) is 4.59. The van der Waals surface area contributed by atoms with E-state index in [0.717, 1.165) is 25.0 Å². The molecule has 112 valence electrons. The molecular formula is C17H21NO3. The van der Waals surface area contributed by atoms with Gasteiger partial charge in [0.15, 0.2) is 0 Å². The highest BCUT2D eigenvalue weighted by Crippen LogP contribution is 2.32. The van der Waals surface area contributed by atoms with Crippen LogP contribution in [0.25, 0.3) is 0 Å². The molecule has 1 saturated carbocycles. The fraction of sp³-hybridized carbons (Fsp3) is 0.471. The van der Waals surface area contributed by atoms with Crippen molar-refractivity contribution in [2.45, 2.75) is 32.3 Å². The maximum atomic E-state index is 12.1. The summed E-state index contributed by atoms with van der Waals surface area (Å²) in [6.45, 7) is 2.54. The van der Waals surface area contributed by atoms with E-state index in [9.17, 15) is 4.79 Å². The quantitative estimate of drug-likeness (QED) is 0.816. The number of nitrogens with one attached hydrogen (secondary N) is 1. The molecule has 0 aromatic heterocycles. The summed E-state index contributed by atoms with van der Waals surface area (Å²) < 4.78 is 5.50. The molecule has 1 aromatic carbocycles. The third-order valence-corrected chi connectivity index (χ3v) is 3.57. The van der Waals surface area contributed by atoms with E-state index >= 15 is 0 Å². The Morgan fingerprint density at radius 3 is 2.90 bits per heavy atom. The molecular weight excluding hydrogens is 266 g/mol. The van der Waals surface area contributed by atoms with E-state index in [2.05, 4.69) is 17.2 Å². The van der Waals surface area contributed by atoms with Gasteiger partial charge < -0.3 is 15.2 Å². The van der Waals surface area contributed by atoms with Gasteiger partial charge in [-0.05, 0) is 37.8 Å². The first-order valence-corrected chi connectivity index (χ1v) is 7.33. The van der Waals surface area contributed by atoms with Gasteiger partial charge in [-0.25, -0.2) is 0 Å². The van der Waals surface area contributed by atoms with Crippen LogP contribution in [-0.4, -0.2) is 30.3 Å². The standard InChI is InChI=1S/C17H21NO3/c1-2-21-15-10-13(11-15)12-17(20)18-16-8-4-3-6-14(16)7-5-9-19/h3-4,6,8,13,15,19H,2,9-12H2,1H3,(H,18,20). The first-order valence-electron chi connectivity index (χ1n) is 7.33. The predicted molar refractivity (Wildman–Crippen MR) is 81.8 cm³/mol. The average molecular weight is 287 g/mol. The summed E-state index contributed by atoms with van der Waals surface area (Å²) in [5.41, 5.74) is 1.42. The number of benzene rings is 1. The smallest absolute Gasteiger partial charge is 0.224 e. The molecule has 0 aliphatic heterocycles. The molecule has 0 radical (unpaired) electrons. The van der Waals surface area contributed by atoms with E-state index in [1.165, 1.54) is 0 Å². The first kappa shape index (κ1) is 15.6. The van der Waals surface area contributed by atoms with Crippen molar-refractivity contribution in [3.8, 4) is 11.8 Å². The summed E-state index contributed by atoms with van der Waals surface area (Å²) in [6.07, 6.45) is 2.78. The lowest BCUT2D eigenvalue weighted by molar-refractivity contribution is -0.119. The van der Waals surface area contributed by atoms with Gasteiger partial charge in [0.25, 0.3) is 0 Å². The first-order chi connectivity index (χ1) is 10.2. The highest BCUT2D eigenvalue weighted by Gasteiger charge is 2.31. The van der Waals surface area contributed by atoms with Gasteiger partial charge in [0.1, 0.15) is 6.61 Å². The topological polar surface area (TPSA) is 58.6 Å². The lowest BCUT2D eigenvalue weighted by atomic mass is 9.80. The van der Waals surface area contributed by atoms with Gasteiger partial charge in [0, 0.05) is 18.6 Å². The Kier molecular flexibility index (Phi) is 5.79. The lowest BCUT2D eigenvalue weighted by Gasteiger charge is -2.34. The summed E-state index contributed by atoms with van der Waals surface area (Å²) in [7, 11) is 0. The van der Waals surface area contributed by atoms with Crippen molar-refractivity contribution in [3.63, 3.8) is 0 Å². The number of hydrogen-bond donors (Lipinski definition) is 2. The Balaban J connectivity index is 1.86. The van der Waals surface area contributed by atoms with Crippen molar-refractivity contribution in [2.75, 3.05) is 18.5 Å². The largest absolute Gasteiger partial charge is 0.384 e. The molecule has 1 aliphatic carbocycles. The van der Waals surface area contributed by atoms with Crippen molar-refractivity contribution in [3.05, 3.63) is 29.8 Å². The molecule has 1 aliphatic rings. The number of carbonyl (C=O) groups is 1. The Hall–Kier alpha value is -1.83. The van der Waals surface area contributed by atoms with Crippen LogP contribution in [0.1, 0.15) is 31.7 Å². The summed E-state index contributed by atoms with van der Waals surface area (Å²) >= 11 is 0. The van der Waals surface area contributed by atoms with Crippen molar-refractivity contribution >= 4 is 11.6 Å². The minimum absolute atomic E-state index is 0.00759. The van der Waals surface area contributed by atoms with Gasteiger partial charge in [0.2, 0.25) is 5.91 Å². The fourth-order valence-corrected chi connectivity index (χ4v) is 2.51. The number of aliphatic hydroxyl groups excluding tert-OH is 1. The van der Waals surface area contributed by atoms with Crippen LogP contribution in [-0.2, 0) is 9.53 Å². The molecule has 0 atom stereocenters. The summed E-state index contributed by atoms with van der Waals surface area (Å²) in [6, 6.07) is 7.36. The monoisotopic (exact) mass is 287 g/mol. The Bertz CT molecular complexity index is 538. The third-order valence-electron chi connectivity index (χ3n) is 3.57. The Labute approximate surface area is 125 Å². The van der Waals surface area contributed by atoms with Crippen LogP contribution in [0.15, 0.2) is 24.3 Å². The molecule has 1 fully saturated rings. The maximum Gasteiger partial charge on any atom is 0.224 e. The SMILES string of the molecule is CCOC1CC(CC(=O)Nc2ccccc2C#CCO)C1. The van der Waals surface area contributed by atoms with Gasteiger partial charge >= 0.3 is 0 Å². The summed E-state index contributed by atoms with van der Waals surface area (Å²) in [4.78, 5) is 12.1. The Morgan fingerprint density at radius 2 is 2.19 bits per heavy atom. The molecule has 0 heterocycles. The van der Waals surface area contributed by atoms with Gasteiger partial charge in [-0.1, -0.05) is 24.0 Å². The highest BCUT2D eigenvalue weighted by atomic mass is 16.5. The van der Waals surface area contributed by atoms with E-state index in [4.69, 9.17) is 9.84 Å². The molecule has 1 aromatic rings. The zero-order valence-electron chi connectivity index (χ0n) is 12.3. The van der Waals surface area contributed by atoms with E-state index in [-0.39, 0.29) is 12.5 Å². The molecule has 1 amide bonds. The molecule has 2 rings (SSSR count). The van der Waals surface area contributed by atoms with Crippen LogP contribution in [0, 0.1) is 17.8 Å². The second-order valence-electron chi connectivity index (χ2n) is 5.17. The maximum absolute atomic E-state index is 12.1. The van der Waals surface area contributed by atoms with Crippen molar-refractivity contribution in [2.24, 2.45) is 5.92 Å². The van der Waals surface area contributed by atoms with E-state index in [1.807, 2.05) is 31.2 Å². The second-order valence-corrected chi connectivity index (χ2v) is 5.17. The summed E-state index contributed by atoms with van der Waals surface area (Å²) in [5.74, 6) is 5.86. The minimum Gasteiger partial charge on any atom is -0.384 e. The van der Waals surface area contributed by atoms with Gasteiger partial charge in [0.05, 0.1) is 11.8 Å². The zero-order valence-corrected chi connectivity index (χ0v) is 12.3. The van der Waals surface area contributed by atoms with Crippen LogP contribution >= 0.6 is 0 Å². The number of rotatable bonds is 5. The molecule has 0 spiro atoms. The molecule has 0 saturated heterocycles. The number of anilines is 1. The van der Waals surface area contributed by atoms with Crippen LogP contribution in [0.5, 0.6) is 0 Å². The Morgan fingerprint density at radius 1 is 1.43 bits per heavy atom. The van der Waals surface area contributed by atoms with E-state index in [1.54, 1.807) is 0 Å². The van der Waals surface area contributed by atoms with E-state index < -0.39 is 0 Å². The molecule has 2 N–H and O–H groups in total. The highest BCUT2D eigenvalue weighted by molar-refractivity contribution is 5.92. The fourth-order valence-electron chi connectivity index (χ4n) is 2.51. The number of carbonyl (C=O) groups excluding carboxylic acids is 1. The van der Waals surface area contributed by atoms with Crippen molar-refractivity contribution in [1.82, 2.24) is 0 Å². The predicted octanol–water partition coefficient (Wildman–Crippen LogP) is 2.17. The number of hydrogen-bond acceptors (Lipinski definition) is 3. The number of aliphatic hydroxyl groups is 1. The van der Waals surface area contributed by atoms with Crippen LogP contribution < -0.4 is 5.32 Å². The van der Waals surface area contributed by atoms with Crippen molar-refractivity contribution < 1.29 is 14.6 Å². The lowest BCUT2D eigenvalue weighted by Crippen LogP contribution is -2.33. The van der Waals surface area contributed by atoms with Crippen molar-refractivity contribution in [1.29, 1.82) is 0 Å². The number of amides is 1. The van der Waals surface area contributed by atoms with Crippen LogP contribution in [0.2, 0.25) is 0 Å². The van der Waals surface area contributed by atoms with Gasteiger partial charge in [-0.15, -0.1) is 0 Å². The molecule has 4 heteroatoms.